The molecule has 166 valence electrons. The minimum absolute atomic E-state index is 0.00398. The van der Waals surface area contributed by atoms with Crippen molar-refractivity contribution >= 4 is 23.4 Å². The number of carbonyl (C=O) groups is 2. The number of furan rings is 1. The predicted molar refractivity (Wildman–Crippen MR) is 117 cm³/mol. The summed E-state index contributed by atoms with van der Waals surface area (Å²) in [5.41, 5.74) is 0. The molecule has 2 amide bonds. The number of amides is 2. The first-order valence-corrected chi connectivity index (χ1v) is 10.6. The van der Waals surface area contributed by atoms with Crippen LogP contribution in [0.3, 0.4) is 0 Å². The smallest absolute Gasteiger partial charge is 0.261 e. The van der Waals surface area contributed by atoms with E-state index in [1.807, 2.05) is 6.07 Å². The number of benzene rings is 1. The maximum absolute atomic E-state index is 13.1. The van der Waals surface area contributed by atoms with Gasteiger partial charge in [-0.2, -0.15) is 0 Å². The van der Waals surface area contributed by atoms with Crippen molar-refractivity contribution in [2.75, 3.05) is 32.8 Å². The van der Waals surface area contributed by atoms with Crippen molar-refractivity contribution in [3.63, 3.8) is 0 Å². The second-order valence-corrected chi connectivity index (χ2v) is 7.73. The van der Waals surface area contributed by atoms with E-state index < -0.39 is 0 Å². The molecule has 2 heterocycles. The zero-order valence-electron chi connectivity index (χ0n) is 17.4. The molecule has 2 aromatic rings. The van der Waals surface area contributed by atoms with Gasteiger partial charge in [-0.3, -0.25) is 9.59 Å². The van der Waals surface area contributed by atoms with Gasteiger partial charge in [0.25, 0.3) is 5.91 Å². The largest absolute Gasteiger partial charge is 0.484 e. The average molecular weight is 447 g/mol. The second kappa shape index (κ2) is 11.6. The van der Waals surface area contributed by atoms with Crippen LogP contribution in [0.2, 0.25) is 5.02 Å². The highest BCUT2D eigenvalue weighted by molar-refractivity contribution is 6.30. The molecule has 1 aliphatic heterocycles. The molecule has 3 rings (SSSR count). The van der Waals surface area contributed by atoms with Crippen molar-refractivity contribution in [3.05, 3.63) is 66.1 Å². The first kappa shape index (κ1) is 22.9. The van der Waals surface area contributed by atoms with Crippen LogP contribution in [-0.2, 0) is 20.9 Å². The second-order valence-electron chi connectivity index (χ2n) is 7.29. The lowest BCUT2D eigenvalue weighted by molar-refractivity contribution is -0.142. The van der Waals surface area contributed by atoms with Gasteiger partial charge in [-0.25, -0.2) is 0 Å². The summed E-state index contributed by atoms with van der Waals surface area (Å²) < 4.78 is 16.7. The average Bonchev–Trinajstić information content (AvgIpc) is 3.46. The van der Waals surface area contributed by atoms with Crippen LogP contribution in [0.25, 0.3) is 0 Å². The summed E-state index contributed by atoms with van der Waals surface area (Å²) in [6.45, 7) is 5.15. The fourth-order valence-electron chi connectivity index (χ4n) is 3.32. The Labute approximate surface area is 187 Å². The van der Waals surface area contributed by atoms with Gasteiger partial charge in [0, 0.05) is 24.7 Å². The molecule has 1 fully saturated rings. The number of nitrogens with zero attached hydrogens (tertiary/aromatic N) is 2. The van der Waals surface area contributed by atoms with Crippen LogP contribution in [0.1, 0.15) is 18.6 Å². The van der Waals surface area contributed by atoms with Crippen molar-refractivity contribution < 1.29 is 23.5 Å². The van der Waals surface area contributed by atoms with Crippen LogP contribution in [-0.4, -0.2) is 60.6 Å². The van der Waals surface area contributed by atoms with E-state index in [1.165, 1.54) is 4.90 Å². The molecule has 31 heavy (non-hydrogen) atoms. The molecular weight excluding hydrogens is 420 g/mol. The summed E-state index contributed by atoms with van der Waals surface area (Å²) in [6, 6.07) is 10.3. The standard InChI is InChI=1S/C23H27ClN2O5/c1-2-11-25(23(28)17-31-19-9-7-18(24)8-10-19)16-22(27)26(14-20-5-3-12-29-20)15-21-6-4-13-30-21/h2-3,5,7-10,12,21H,1,4,6,11,13-17H2. The number of hydrogen-bond donors (Lipinski definition) is 0. The summed E-state index contributed by atoms with van der Waals surface area (Å²) >= 11 is 5.86. The summed E-state index contributed by atoms with van der Waals surface area (Å²) in [7, 11) is 0. The molecule has 8 heteroatoms. The first-order chi connectivity index (χ1) is 15.0. The number of carbonyl (C=O) groups excluding carboxylic acids is 2. The lowest BCUT2D eigenvalue weighted by Gasteiger charge is -2.28. The summed E-state index contributed by atoms with van der Waals surface area (Å²) in [6.07, 6.45) is 5.05. The zero-order valence-corrected chi connectivity index (χ0v) is 18.1. The van der Waals surface area contributed by atoms with Gasteiger partial charge in [0.05, 0.1) is 18.9 Å². The van der Waals surface area contributed by atoms with Gasteiger partial charge in [-0.1, -0.05) is 17.7 Å². The van der Waals surface area contributed by atoms with Crippen molar-refractivity contribution in [3.8, 4) is 5.75 Å². The van der Waals surface area contributed by atoms with Gasteiger partial charge in [-0.15, -0.1) is 6.58 Å². The van der Waals surface area contributed by atoms with E-state index in [-0.39, 0.29) is 37.6 Å². The van der Waals surface area contributed by atoms with Gasteiger partial charge in [-0.05, 0) is 49.2 Å². The van der Waals surface area contributed by atoms with Crippen LogP contribution in [0, 0.1) is 0 Å². The summed E-state index contributed by atoms with van der Waals surface area (Å²) in [5.74, 6) is 0.714. The molecule has 1 atom stereocenters. The van der Waals surface area contributed by atoms with Crippen LogP contribution in [0.5, 0.6) is 5.75 Å². The van der Waals surface area contributed by atoms with Crippen LogP contribution >= 0.6 is 11.6 Å². The molecule has 1 aromatic carbocycles. The highest BCUT2D eigenvalue weighted by Gasteiger charge is 2.26. The van der Waals surface area contributed by atoms with Crippen LogP contribution in [0.4, 0.5) is 0 Å². The number of rotatable bonds is 11. The van der Waals surface area contributed by atoms with Gasteiger partial charge < -0.3 is 23.7 Å². The number of hydrogen-bond acceptors (Lipinski definition) is 5. The number of ether oxygens (including phenoxy) is 2. The van der Waals surface area contributed by atoms with Gasteiger partial charge in [0.2, 0.25) is 5.91 Å². The van der Waals surface area contributed by atoms with Gasteiger partial charge in [0.1, 0.15) is 18.1 Å². The van der Waals surface area contributed by atoms with E-state index in [4.69, 9.17) is 25.5 Å². The van der Waals surface area contributed by atoms with Crippen LogP contribution < -0.4 is 4.74 Å². The Morgan fingerprint density at radius 3 is 2.65 bits per heavy atom. The van der Waals surface area contributed by atoms with E-state index in [0.717, 1.165) is 12.8 Å². The Morgan fingerprint density at radius 2 is 2.00 bits per heavy atom. The lowest BCUT2D eigenvalue weighted by Crippen LogP contribution is -2.46. The van der Waals surface area contributed by atoms with Crippen molar-refractivity contribution in [1.82, 2.24) is 9.80 Å². The van der Waals surface area contributed by atoms with Gasteiger partial charge in [0.15, 0.2) is 6.61 Å². The minimum atomic E-state index is -0.307. The third-order valence-electron chi connectivity index (χ3n) is 4.93. The fourth-order valence-corrected chi connectivity index (χ4v) is 3.45. The Hall–Kier alpha value is -2.77. The maximum atomic E-state index is 13.1. The van der Waals surface area contributed by atoms with E-state index >= 15 is 0 Å². The number of halogens is 1. The molecule has 0 saturated carbocycles. The molecule has 1 unspecified atom stereocenters. The maximum Gasteiger partial charge on any atom is 0.261 e. The molecule has 0 spiro atoms. The highest BCUT2D eigenvalue weighted by atomic mass is 35.5. The Balaban J connectivity index is 1.61. The molecule has 1 saturated heterocycles. The van der Waals surface area contributed by atoms with E-state index in [2.05, 4.69) is 6.58 Å². The molecule has 1 aliphatic rings. The summed E-state index contributed by atoms with van der Waals surface area (Å²) in [4.78, 5) is 28.9. The third-order valence-corrected chi connectivity index (χ3v) is 5.18. The Kier molecular flexibility index (Phi) is 8.55. The van der Waals surface area contributed by atoms with Crippen molar-refractivity contribution in [2.24, 2.45) is 0 Å². The van der Waals surface area contributed by atoms with E-state index in [0.29, 0.717) is 36.2 Å². The topological polar surface area (TPSA) is 72.2 Å². The molecule has 0 radical (unpaired) electrons. The minimum Gasteiger partial charge on any atom is -0.484 e. The van der Waals surface area contributed by atoms with Gasteiger partial charge >= 0.3 is 0 Å². The first-order valence-electron chi connectivity index (χ1n) is 10.2. The SMILES string of the molecule is C=CCN(CC(=O)N(Cc1ccco1)CC1CCCO1)C(=O)COc1ccc(Cl)cc1. The molecule has 7 nitrogen and oxygen atoms in total. The van der Waals surface area contributed by atoms with E-state index in [9.17, 15) is 9.59 Å². The normalized spacial score (nSPS) is 15.5. The molecule has 0 N–H and O–H groups in total. The monoisotopic (exact) mass is 446 g/mol. The van der Waals surface area contributed by atoms with Crippen molar-refractivity contribution in [1.29, 1.82) is 0 Å². The van der Waals surface area contributed by atoms with Crippen LogP contribution in [0.15, 0.2) is 59.7 Å². The third kappa shape index (κ3) is 7.15. The Bertz CT molecular complexity index is 847. The highest BCUT2D eigenvalue weighted by Crippen LogP contribution is 2.17. The quantitative estimate of drug-likeness (QED) is 0.494. The lowest BCUT2D eigenvalue weighted by atomic mass is 10.2. The van der Waals surface area contributed by atoms with E-state index in [1.54, 1.807) is 47.6 Å². The zero-order chi connectivity index (χ0) is 22.1. The molecule has 0 bridgehead atoms. The summed E-state index contributed by atoms with van der Waals surface area (Å²) in [5, 5.41) is 0.584. The Morgan fingerprint density at radius 1 is 1.19 bits per heavy atom. The predicted octanol–water partition coefficient (Wildman–Crippen LogP) is 3.53. The molecule has 0 aliphatic carbocycles. The molecule has 1 aromatic heterocycles. The van der Waals surface area contributed by atoms with Crippen molar-refractivity contribution in [2.45, 2.75) is 25.5 Å². The fraction of sp³-hybridized carbons (Fsp3) is 0.391. The molecular formula is C23H27ClN2O5.